The fourth-order valence-corrected chi connectivity index (χ4v) is 1.79. The van der Waals surface area contributed by atoms with Gasteiger partial charge in [0.15, 0.2) is 6.79 Å². The second-order valence-electron chi connectivity index (χ2n) is 6.17. The van der Waals surface area contributed by atoms with Gasteiger partial charge in [-0.25, -0.2) is 9.18 Å². The lowest BCUT2D eigenvalue weighted by atomic mass is 9.93. The number of hydrogen-bond acceptors (Lipinski definition) is 5. The fourth-order valence-electron chi connectivity index (χ4n) is 1.79. The van der Waals surface area contributed by atoms with Crippen LogP contribution in [0.15, 0.2) is 24.3 Å². The van der Waals surface area contributed by atoms with E-state index in [4.69, 9.17) is 19.9 Å². The summed E-state index contributed by atoms with van der Waals surface area (Å²) in [5, 5.41) is 0. The smallest absolute Gasteiger partial charge is 0.329 e. The summed E-state index contributed by atoms with van der Waals surface area (Å²) in [5.41, 5.74) is 4.16. The molecule has 22 heavy (non-hydrogen) atoms. The number of ether oxygens (including phenoxy) is 3. The summed E-state index contributed by atoms with van der Waals surface area (Å²) < 4.78 is 28.7. The van der Waals surface area contributed by atoms with E-state index >= 15 is 0 Å². The molecule has 0 radical (unpaired) electrons. The van der Waals surface area contributed by atoms with Crippen molar-refractivity contribution in [2.75, 3.05) is 20.6 Å². The first-order valence-corrected chi connectivity index (χ1v) is 6.99. The van der Waals surface area contributed by atoms with Crippen molar-refractivity contribution in [3.63, 3.8) is 0 Å². The summed E-state index contributed by atoms with van der Waals surface area (Å²) in [7, 11) is 1.51. The van der Waals surface area contributed by atoms with Crippen molar-refractivity contribution in [3.8, 4) is 5.75 Å². The Morgan fingerprint density at radius 1 is 1.32 bits per heavy atom. The zero-order valence-electron chi connectivity index (χ0n) is 13.5. The Labute approximate surface area is 130 Å². The highest BCUT2D eigenvalue weighted by atomic mass is 19.1. The summed E-state index contributed by atoms with van der Waals surface area (Å²) in [4.78, 5) is 12.1. The Morgan fingerprint density at radius 2 is 2.00 bits per heavy atom. The molecule has 1 aromatic carbocycles. The quantitative estimate of drug-likeness (QED) is 0.617. The summed E-state index contributed by atoms with van der Waals surface area (Å²) in [6.07, 6.45) is 0.0165. The van der Waals surface area contributed by atoms with Crippen LogP contribution in [0.25, 0.3) is 0 Å². The molecule has 0 aliphatic heterocycles. The van der Waals surface area contributed by atoms with Crippen molar-refractivity contribution in [1.82, 2.24) is 0 Å². The molecule has 0 heterocycles. The van der Waals surface area contributed by atoms with E-state index in [1.165, 1.54) is 7.11 Å². The van der Waals surface area contributed by atoms with Crippen molar-refractivity contribution in [1.29, 1.82) is 0 Å². The predicted molar refractivity (Wildman–Crippen MR) is 81.4 cm³/mol. The Hall–Kier alpha value is -1.66. The van der Waals surface area contributed by atoms with Gasteiger partial charge >= 0.3 is 5.97 Å². The number of methoxy groups -OCH3 is 1. The van der Waals surface area contributed by atoms with E-state index in [0.29, 0.717) is 11.3 Å². The number of carbonyl (C=O) groups excluding carboxylic acids is 1. The monoisotopic (exact) mass is 313 g/mol. The molecule has 0 fully saturated rings. The Kier molecular flexibility index (Phi) is 6.32. The summed E-state index contributed by atoms with van der Waals surface area (Å²) >= 11 is 0. The van der Waals surface area contributed by atoms with Gasteiger partial charge in [-0.15, -0.1) is 0 Å². The summed E-state index contributed by atoms with van der Waals surface area (Å²) in [6.45, 7) is 4.23. The van der Waals surface area contributed by atoms with Crippen LogP contribution in [-0.4, -0.2) is 37.7 Å². The molecule has 0 aliphatic rings. The minimum Gasteiger partial charge on any atom is -0.468 e. The van der Waals surface area contributed by atoms with E-state index in [2.05, 4.69) is 0 Å². The molecular weight excluding hydrogens is 289 g/mol. The highest BCUT2D eigenvalue weighted by Crippen LogP contribution is 2.21. The largest absolute Gasteiger partial charge is 0.468 e. The van der Waals surface area contributed by atoms with Gasteiger partial charge in [0.05, 0.1) is 0 Å². The van der Waals surface area contributed by atoms with Crippen molar-refractivity contribution in [2.45, 2.75) is 38.3 Å². The van der Waals surface area contributed by atoms with Crippen molar-refractivity contribution < 1.29 is 23.4 Å². The van der Waals surface area contributed by atoms with Gasteiger partial charge in [-0.1, -0.05) is 12.1 Å². The Balaban J connectivity index is 2.86. The maximum absolute atomic E-state index is 13.4. The number of benzene rings is 1. The minimum absolute atomic E-state index is 0.0165. The van der Waals surface area contributed by atoms with E-state index in [1.54, 1.807) is 45.0 Å². The molecule has 0 amide bonds. The van der Waals surface area contributed by atoms with Crippen LogP contribution < -0.4 is 10.5 Å². The maximum atomic E-state index is 13.4. The molecular formula is C16H24FNO4. The highest BCUT2D eigenvalue weighted by molar-refractivity contribution is 5.81. The number of nitrogens with two attached hydrogens (primary N) is 1. The van der Waals surface area contributed by atoms with Crippen LogP contribution in [0.5, 0.6) is 5.75 Å². The molecule has 0 bridgehead atoms. The van der Waals surface area contributed by atoms with Gasteiger partial charge in [-0.3, -0.25) is 0 Å². The lowest BCUT2D eigenvalue weighted by molar-refractivity contribution is -0.162. The number of alkyl halides is 1. The number of hydrogen-bond donors (Lipinski definition) is 1. The minimum atomic E-state index is -1.72. The zero-order chi connectivity index (χ0) is 16.8. The van der Waals surface area contributed by atoms with Gasteiger partial charge < -0.3 is 19.9 Å². The van der Waals surface area contributed by atoms with E-state index in [0.717, 1.165) is 0 Å². The molecule has 2 N–H and O–H groups in total. The second kappa shape index (κ2) is 7.56. The van der Waals surface area contributed by atoms with Gasteiger partial charge in [0.25, 0.3) is 0 Å². The van der Waals surface area contributed by atoms with Crippen LogP contribution in [-0.2, 0) is 20.7 Å². The third kappa shape index (κ3) is 5.61. The van der Waals surface area contributed by atoms with Crippen LogP contribution in [0.2, 0.25) is 0 Å². The van der Waals surface area contributed by atoms with Gasteiger partial charge in [0, 0.05) is 13.5 Å². The standard InChI is InChI=1S/C16H24FNO4/c1-15(2,3)22-14(19)16(18,10-17)9-12-6-5-7-13(8-12)21-11-20-4/h5-8H,9-11,18H2,1-4H3. The maximum Gasteiger partial charge on any atom is 0.329 e. The average Bonchev–Trinajstić information content (AvgIpc) is 2.43. The van der Waals surface area contributed by atoms with Crippen molar-refractivity contribution in [2.24, 2.45) is 5.73 Å². The van der Waals surface area contributed by atoms with Crippen LogP contribution in [0.1, 0.15) is 26.3 Å². The van der Waals surface area contributed by atoms with Crippen LogP contribution in [0.3, 0.4) is 0 Å². The molecule has 1 rings (SSSR count). The molecule has 0 aliphatic carbocycles. The number of rotatable bonds is 7. The molecule has 1 unspecified atom stereocenters. The van der Waals surface area contributed by atoms with Crippen LogP contribution in [0.4, 0.5) is 4.39 Å². The molecule has 0 spiro atoms. The van der Waals surface area contributed by atoms with Crippen molar-refractivity contribution in [3.05, 3.63) is 29.8 Å². The SMILES string of the molecule is COCOc1cccc(CC(N)(CF)C(=O)OC(C)(C)C)c1. The third-order valence-electron chi connectivity index (χ3n) is 2.81. The zero-order valence-corrected chi connectivity index (χ0v) is 13.5. The first kappa shape index (κ1) is 18.4. The van der Waals surface area contributed by atoms with Gasteiger partial charge in [-0.2, -0.15) is 0 Å². The molecule has 0 saturated carbocycles. The molecule has 0 aromatic heterocycles. The van der Waals surface area contributed by atoms with E-state index in [1.807, 2.05) is 0 Å². The van der Waals surface area contributed by atoms with Crippen LogP contribution >= 0.6 is 0 Å². The second-order valence-corrected chi connectivity index (χ2v) is 6.17. The molecule has 124 valence electrons. The fraction of sp³-hybridized carbons (Fsp3) is 0.562. The predicted octanol–water partition coefficient (Wildman–Crippen LogP) is 2.22. The molecule has 6 heteroatoms. The van der Waals surface area contributed by atoms with E-state index in [9.17, 15) is 9.18 Å². The first-order chi connectivity index (χ1) is 10.2. The molecule has 5 nitrogen and oxygen atoms in total. The Bertz CT molecular complexity index is 501. The molecule has 0 saturated heterocycles. The number of halogens is 1. The average molecular weight is 313 g/mol. The van der Waals surface area contributed by atoms with Gasteiger partial charge in [-0.05, 0) is 38.5 Å². The first-order valence-electron chi connectivity index (χ1n) is 6.99. The van der Waals surface area contributed by atoms with Crippen molar-refractivity contribution >= 4 is 5.97 Å². The summed E-state index contributed by atoms with van der Waals surface area (Å²) in [5.74, 6) is -0.199. The molecule has 1 atom stereocenters. The highest BCUT2D eigenvalue weighted by Gasteiger charge is 2.38. The van der Waals surface area contributed by atoms with Gasteiger partial charge in [0.1, 0.15) is 23.6 Å². The van der Waals surface area contributed by atoms with Gasteiger partial charge in [0.2, 0.25) is 0 Å². The lowest BCUT2D eigenvalue weighted by Gasteiger charge is -2.29. The summed E-state index contributed by atoms with van der Waals surface area (Å²) in [6, 6.07) is 6.93. The lowest BCUT2D eigenvalue weighted by Crippen LogP contribution is -2.54. The topological polar surface area (TPSA) is 70.8 Å². The molecule has 1 aromatic rings. The van der Waals surface area contributed by atoms with E-state index in [-0.39, 0.29) is 13.2 Å². The van der Waals surface area contributed by atoms with Crippen LogP contribution in [0, 0.1) is 0 Å². The van der Waals surface area contributed by atoms with E-state index < -0.39 is 23.8 Å². The Morgan fingerprint density at radius 3 is 2.55 bits per heavy atom. The number of carbonyl (C=O) groups is 1. The number of esters is 1. The third-order valence-corrected chi connectivity index (χ3v) is 2.81. The normalized spacial score (nSPS) is 14.3.